The maximum Gasteiger partial charge on any atom is 0.261 e. The van der Waals surface area contributed by atoms with Crippen LogP contribution in [0.25, 0.3) is 0 Å². The molecular weight excluding hydrogens is 274 g/mol. The third kappa shape index (κ3) is 4.36. The van der Waals surface area contributed by atoms with Crippen LogP contribution in [0.4, 0.5) is 0 Å². The lowest BCUT2D eigenvalue weighted by Gasteiger charge is -2.20. The summed E-state index contributed by atoms with van der Waals surface area (Å²) in [7, 11) is 0. The lowest BCUT2D eigenvalue weighted by Crippen LogP contribution is -2.39. The molecular formula is C19H27NO2. The van der Waals surface area contributed by atoms with Crippen molar-refractivity contribution in [2.24, 2.45) is 0 Å². The number of carbonyl (C=O) groups is 1. The van der Waals surface area contributed by atoms with E-state index in [1.807, 2.05) is 26.0 Å². The molecule has 0 fully saturated rings. The van der Waals surface area contributed by atoms with E-state index >= 15 is 0 Å². The minimum Gasteiger partial charge on any atom is -0.480 e. The monoisotopic (exact) mass is 301 g/mol. The van der Waals surface area contributed by atoms with Crippen molar-refractivity contribution < 1.29 is 9.53 Å². The van der Waals surface area contributed by atoms with Crippen molar-refractivity contribution in [1.29, 1.82) is 0 Å². The van der Waals surface area contributed by atoms with Crippen LogP contribution in [0.15, 0.2) is 29.8 Å². The third-order valence-electron chi connectivity index (χ3n) is 4.36. The van der Waals surface area contributed by atoms with Crippen molar-refractivity contribution in [3.63, 3.8) is 0 Å². The molecule has 3 nitrogen and oxygen atoms in total. The van der Waals surface area contributed by atoms with Gasteiger partial charge in [-0.1, -0.05) is 30.7 Å². The second-order valence-electron chi connectivity index (χ2n) is 6.04. The predicted octanol–water partition coefficient (Wildman–Crippen LogP) is 4.08. The minimum absolute atomic E-state index is 0.0186. The van der Waals surface area contributed by atoms with Gasteiger partial charge in [0, 0.05) is 6.54 Å². The Kier molecular flexibility index (Phi) is 6.05. The van der Waals surface area contributed by atoms with Gasteiger partial charge in [0.25, 0.3) is 5.91 Å². The Morgan fingerprint density at radius 3 is 2.82 bits per heavy atom. The molecule has 1 aliphatic rings. The molecule has 1 aromatic carbocycles. The largest absolute Gasteiger partial charge is 0.480 e. The van der Waals surface area contributed by atoms with Crippen molar-refractivity contribution in [3.05, 3.63) is 41.0 Å². The van der Waals surface area contributed by atoms with Crippen LogP contribution in [0.5, 0.6) is 5.75 Å². The van der Waals surface area contributed by atoms with E-state index in [-0.39, 0.29) is 5.91 Å². The summed E-state index contributed by atoms with van der Waals surface area (Å²) in [4.78, 5) is 12.4. The van der Waals surface area contributed by atoms with Gasteiger partial charge in [-0.2, -0.15) is 0 Å². The van der Waals surface area contributed by atoms with Crippen LogP contribution in [0.3, 0.4) is 0 Å². The van der Waals surface area contributed by atoms with E-state index < -0.39 is 6.10 Å². The average Bonchev–Trinajstić information content (AvgIpc) is 2.55. The van der Waals surface area contributed by atoms with Gasteiger partial charge < -0.3 is 10.1 Å². The summed E-state index contributed by atoms with van der Waals surface area (Å²) in [6.45, 7) is 6.72. The van der Waals surface area contributed by atoms with Gasteiger partial charge in [0.1, 0.15) is 5.75 Å². The quantitative estimate of drug-likeness (QED) is 0.804. The first-order chi connectivity index (χ1) is 10.6. The molecule has 0 bridgehead atoms. The van der Waals surface area contributed by atoms with Crippen LogP contribution in [-0.4, -0.2) is 18.6 Å². The van der Waals surface area contributed by atoms with Crippen molar-refractivity contribution in [2.75, 3.05) is 6.54 Å². The zero-order valence-corrected chi connectivity index (χ0v) is 13.9. The number of amides is 1. The summed E-state index contributed by atoms with van der Waals surface area (Å²) in [5.74, 6) is 0.786. The van der Waals surface area contributed by atoms with Gasteiger partial charge in [0.05, 0.1) is 0 Å². The number of carbonyl (C=O) groups excluding carboxylic acids is 1. The predicted molar refractivity (Wildman–Crippen MR) is 90.2 cm³/mol. The number of hydrogen-bond acceptors (Lipinski definition) is 2. The highest BCUT2D eigenvalue weighted by Gasteiger charge is 2.19. The summed E-state index contributed by atoms with van der Waals surface area (Å²) in [6, 6.07) is 5.95. The van der Waals surface area contributed by atoms with Crippen LogP contribution >= 0.6 is 0 Å². The van der Waals surface area contributed by atoms with Crippen LogP contribution in [0.1, 0.15) is 50.2 Å². The number of benzene rings is 1. The molecule has 0 unspecified atom stereocenters. The maximum atomic E-state index is 12.4. The second-order valence-corrected chi connectivity index (χ2v) is 6.04. The number of aryl methyl sites for hydroxylation is 1. The Morgan fingerprint density at radius 2 is 2.14 bits per heavy atom. The van der Waals surface area contributed by atoms with Crippen LogP contribution in [0, 0.1) is 13.8 Å². The van der Waals surface area contributed by atoms with Crippen LogP contribution in [0.2, 0.25) is 0 Å². The minimum atomic E-state index is -0.426. The van der Waals surface area contributed by atoms with Crippen molar-refractivity contribution in [3.8, 4) is 5.75 Å². The topological polar surface area (TPSA) is 38.3 Å². The standard InChI is InChI=1S/C19H27NO2/c1-4-17(22-18-12-8-9-14(2)15(18)3)19(21)20-13-16-10-6-5-7-11-16/h8-10,12,17H,4-7,11,13H2,1-3H3,(H,20,21)/t17-/m1/s1. The van der Waals surface area contributed by atoms with Gasteiger partial charge >= 0.3 is 0 Å². The van der Waals surface area contributed by atoms with E-state index in [1.165, 1.54) is 24.0 Å². The Bertz CT molecular complexity index is 548. The molecule has 0 saturated carbocycles. The highest BCUT2D eigenvalue weighted by atomic mass is 16.5. The summed E-state index contributed by atoms with van der Waals surface area (Å²) in [6.07, 6.45) is 7.25. The van der Waals surface area contributed by atoms with Gasteiger partial charge in [-0.05, 0) is 63.1 Å². The molecule has 3 heteroatoms. The van der Waals surface area contributed by atoms with E-state index in [1.54, 1.807) is 0 Å². The Labute approximate surface area is 133 Å². The molecule has 1 N–H and O–H groups in total. The van der Waals surface area contributed by atoms with Crippen molar-refractivity contribution >= 4 is 5.91 Å². The highest BCUT2D eigenvalue weighted by molar-refractivity contribution is 5.81. The van der Waals surface area contributed by atoms with Crippen molar-refractivity contribution in [2.45, 2.75) is 59.0 Å². The zero-order valence-electron chi connectivity index (χ0n) is 13.9. The van der Waals surface area contributed by atoms with E-state index in [0.717, 1.165) is 24.2 Å². The van der Waals surface area contributed by atoms with E-state index in [4.69, 9.17) is 4.74 Å². The lowest BCUT2D eigenvalue weighted by molar-refractivity contribution is -0.127. The Balaban J connectivity index is 1.94. The number of nitrogens with one attached hydrogen (secondary N) is 1. The molecule has 0 heterocycles. The molecule has 0 spiro atoms. The first-order valence-electron chi connectivity index (χ1n) is 8.30. The van der Waals surface area contributed by atoms with Gasteiger partial charge in [-0.15, -0.1) is 0 Å². The lowest BCUT2D eigenvalue weighted by atomic mass is 9.99. The fourth-order valence-corrected chi connectivity index (χ4v) is 2.71. The molecule has 2 rings (SSSR count). The van der Waals surface area contributed by atoms with Gasteiger partial charge in [0.15, 0.2) is 6.10 Å². The summed E-state index contributed by atoms with van der Waals surface area (Å²) in [5.41, 5.74) is 3.63. The average molecular weight is 301 g/mol. The molecule has 0 aliphatic heterocycles. The van der Waals surface area contributed by atoms with Crippen LogP contribution in [-0.2, 0) is 4.79 Å². The van der Waals surface area contributed by atoms with E-state index in [2.05, 4.69) is 24.4 Å². The zero-order chi connectivity index (χ0) is 15.9. The van der Waals surface area contributed by atoms with Gasteiger partial charge in [-0.25, -0.2) is 0 Å². The fourth-order valence-electron chi connectivity index (χ4n) is 2.71. The smallest absolute Gasteiger partial charge is 0.261 e. The second kappa shape index (κ2) is 8.02. The van der Waals surface area contributed by atoms with Gasteiger partial charge in [-0.3, -0.25) is 4.79 Å². The first-order valence-corrected chi connectivity index (χ1v) is 8.30. The van der Waals surface area contributed by atoms with E-state index in [0.29, 0.717) is 13.0 Å². The van der Waals surface area contributed by atoms with Gasteiger partial charge in [0.2, 0.25) is 0 Å². The summed E-state index contributed by atoms with van der Waals surface area (Å²) < 4.78 is 5.95. The normalized spacial score (nSPS) is 15.9. The van der Waals surface area contributed by atoms with Crippen molar-refractivity contribution in [1.82, 2.24) is 5.32 Å². The van der Waals surface area contributed by atoms with Crippen LogP contribution < -0.4 is 10.1 Å². The molecule has 0 radical (unpaired) electrons. The number of rotatable bonds is 6. The summed E-state index contributed by atoms with van der Waals surface area (Å²) >= 11 is 0. The summed E-state index contributed by atoms with van der Waals surface area (Å²) in [5, 5.41) is 3.03. The Hall–Kier alpha value is -1.77. The van der Waals surface area contributed by atoms with E-state index in [9.17, 15) is 4.79 Å². The fraction of sp³-hybridized carbons (Fsp3) is 0.526. The number of ether oxygens (including phenoxy) is 1. The molecule has 1 aliphatic carbocycles. The molecule has 1 aromatic rings. The molecule has 1 amide bonds. The Morgan fingerprint density at radius 1 is 1.32 bits per heavy atom. The molecule has 120 valence electrons. The third-order valence-corrected chi connectivity index (χ3v) is 4.36. The molecule has 0 aromatic heterocycles. The SMILES string of the molecule is CC[C@@H](Oc1cccc(C)c1C)C(=O)NCC1=CCCCC1. The first kappa shape index (κ1) is 16.6. The molecule has 22 heavy (non-hydrogen) atoms. The highest BCUT2D eigenvalue weighted by Crippen LogP contribution is 2.22. The number of hydrogen-bond donors (Lipinski definition) is 1. The number of allylic oxidation sites excluding steroid dienone is 1. The molecule has 0 saturated heterocycles. The molecule has 1 atom stereocenters. The maximum absolute atomic E-state index is 12.4.